The van der Waals surface area contributed by atoms with Crippen LogP contribution in [0.15, 0.2) is 33.7 Å². The van der Waals surface area contributed by atoms with Crippen LogP contribution in [0, 0.1) is 0 Å². The fraction of sp³-hybridized carbons (Fsp3) is 0.429. The summed E-state index contributed by atoms with van der Waals surface area (Å²) in [6, 6.07) is 7.25. The second-order valence-corrected chi connectivity index (χ2v) is 5.52. The number of hydrogen-bond donors (Lipinski definition) is 2. The number of halogens is 2. The molecule has 0 radical (unpaired) electrons. The Balaban J connectivity index is 0.00000242. The van der Waals surface area contributed by atoms with Crippen LogP contribution in [0.2, 0.25) is 0 Å². The van der Waals surface area contributed by atoms with Crippen LogP contribution in [0.25, 0.3) is 0 Å². The van der Waals surface area contributed by atoms with Crippen LogP contribution < -0.4 is 11.1 Å². The quantitative estimate of drug-likeness (QED) is 0.294. The molecule has 0 aromatic heterocycles. The van der Waals surface area contributed by atoms with E-state index in [2.05, 4.69) is 26.2 Å². The van der Waals surface area contributed by atoms with Gasteiger partial charge in [0.1, 0.15) is 0 Å². The molecule has 0 spiro atoms. The van der Waals surface area contributed by atoms with E-state index in [9.17, 15) is 4.79 Å². The molecule has 1 aromatic carbocycles. The lowest BCUT2D eigenvalue weighted by Crippen LogP contribution is -2.45. The highest BCUT2D eigenvalue weighted by molar-refractivity contribution is 14.0. The van der Waals surface area contributed by atoms with Crippen LogP contribution in [0.1, 0.15) is 10.4 Å². The first-order chi connectivity index (χ1) is 10.2. The number of carbonyl (C=O) groups excluding carboxylic acids is 1. The first-order valence-corrected chi connectivity index (χ1v) is 7.62. The molecule has 1 heterocycles. The van der Waals surface area contributed by atoms with E-state index in [-0.39, 0.29) is 29.9 Å². The fourth-order valence-electron chi connectivity index (χ4n) is 1.96. The highest BCUT2D eigenvalue weighted by Gasteiger charge is 2.11. The van der Waals surface area contributed by atoms with Gasteiger partial charge in [-0.2, -0.15) is 0 Å². The molecule has 0 bridgehead atoms. The van der Waals surface area contributed by atoms with Crippen LogP contribution in [0.4, 0.5) is 0 Å². The second-order valence-electron chi connectivity index (χ2n) is 4.61. The van der Waals surface area contributed by atoms with Gasteiger partial charge in [0.25, 0.3) is 5.91 Å². The predicted molar refractivity (Wildman–Crippen MR) is 101 cm³/mol. The summed E-state index contributed by atoms with van der Waals surface area (Å²) < 4.78 is 6.13. The summed E-state index contributed by atoms with van der Waals surface area (Å²) in [7, 11) is 0. The Bertz CT molecular complexity index is 521. The molecule has 0 saturated carbocycles. The van der Waals surface area contributed by atoms with Crippen molar-refractivity contribution in [1.29, 1.82) is 0 Å². The van der Waals surface area contributed by atoms with E-state index in [1.165, 1.54) is 0 Å². The van der Waals surface area contributed by atoms with Gasteiger partial charge in [0.05, 0.1) is 19.8 Å². The fourth-order valence-corrected chi connectivity index (χ4v) is 2.36. The third-order valence-electron chi connectivity index (χ3n) is 3.09. The van der Waals surface area contributed by atoms with Crippen molar-refractivity contribution in [2.75, 3.05) is 39.4 Å². The number of morpholine rings is 1. The number of nitrogens with one attached hydrogen (secondary N) is 1. The third kappa shape index (κ3) is 6.09. The lowest BCUT2D eigenvalue weighted by molar-refractivity contribution is 0.0674. The van der Waals surface area contributed by atoms with E-state index in [0.29, 0.717) is 37.8 Å². The number of nitrogens with zero attached hydrogens (tertiary/aromatic N) is 2. The van der Waals surface area contributed by atoms with Crippen LogP contribution in [0.3, 0.4) is 0 Å². The first kappa shape index (κ1) is 19.2. The lowest BCUT2D eigenvalue weighted by atomic mass is 10.2. The van der Waals surface area contributed by atoms with Gasteiger partial charge in [-0.3, -0.25) is 9.79 Å². The molecule has 1 aromatic rings. The lowest BCUT2D eigenvalue weighted by Gasteiger charge is -2.27. The number of rotatable bonds is 4. The van der Waals surface area contributed by atoms with Crippen molar-refractivity contribution in [1.82, 2.24) is 10.2 Å². The van der Waals surface area contributed by atoms with Crippen LogP contribution >= 0.6 is 39.9 Å². The molecule has 2 rings (SSSR count). The Morgan fingerprint density at radius 3 is 2.82 bits per heavy atom. The van der Waals surface area contributed by atoms with Gasteiger partial charge < -0.3 is 20.7 Å². The molecule has 1 saturated heterocycles. The highest BCUT2D eigenvalue weighted by Crippen LogP contribution is 2.11. The molecule has 1 aliphatic rings. The van der Waals surface area contributed by atoms with Gasteiger partial charge in [-0.05, 0) is 18.2 Å². The molecule has 1 amide bonds. The minimum absolute atomic E-state index is 0. The number of ether oxygens (including phenoxy) is 1. The van der Waals surface area contributed by atoms with Crippen LogP contribution in [-0.2, 0) is 4.74 Å². The number of hydrogen-bond acceptors (Lipinski definition) is 3. The van der Waals surface area contributed by atoms with Crippen LogP contribution in [-0.4, -0.2) is 56.2 Å². The molecule has 1 fully saturated rings. The van der Waals surface area contributed by atoms with E-state index in [4.69, 9.17) is 10.5 Å². The molecular formula is C14H20BrIN4O2. The molecule has 1 aliphatic heterocycles. The third-order valence-corrected chi connectivity index (χ3v) is 3.59. The monoisotopic (exact) mass is 482 g/mol. The summed E-state index contributed by atoms with van der Waals surface area (Å²) in [5.74, 6) is 0.395. The first-order valence-electron chi connectivity index (χ1n) is 6.83. The molecule has 8 heteroatoms. The number of guanidine groups is 1. The maximum absolute atomic E-state index is 11.9. The normalized spacial score (nSPS) is 15.1. The molecular weight excluding hydrogens is 463 g/mol. The van der Waals surface area contributed by atoms with Gasteiger partial charge in [-0.1, -0.05) is 22.0 Å². The molecule has 122 valence electrons. The summed E-state index contributed by atoms with van der Waals surface area (Å²) >= 11 is 3.34. The van der Waals surface area contributed by atoms with E-state index in [0.717, 1.165) is 17.6 Å². The standard InChI is InChI=1S/C14H19BrN4O2.HI/c15-12-3-1-2-11(10-12)13(20)17-4-5-18-14(16)19-6-8-21-9-7-19;/h1-3,10H,4-9H2,(H2,16,18)(H,17,20);1H. The number of nitrogens with two attached hydrogens (primary N) is 1. The summed E-state index contributed by atoms with van der Waals surface area (Å²) in [5, 5.41) is 2.82. The Hall–Kier alpha value is -0.870. The van der Waals surface area contributed by atoms with E-state index in [1.54, 1.807) is 12.1 Å². The van der Waals surface area contributed by atoms with Gasteiger partial charge in [-0.15, -0.1) is 24.0 Å². The molecule has 0 aliphatic carbocycles. The van der Waals surface area contributed by atoms with Crippen LogP contribution in [0.5, 0.6) is 0 Å². The van der Waals surface area contributed by atoms with Gasteiger partial charge in [-0.25, -0.2) is 0 Å². The molecule has 3 N–H and O–H groups in total. The predicted octanol–water partition coefficient (Wildman–Crippen LogP) is 1.44. The van der Waals surface area contributed by atoms with Crippen molar-refractivity contribution in [3.63, 3.8) is 0 Å². The Morgan fingerprint density at radius 2 is 2.14 bits per heavy atom. The molecule has 22 heavy (non-hydrogen) atoms. The topological polar surface area (TPSA) is 79.9 Å². The second kappa shape index (κ2) is 10.0. The van der Waals surface area contributed by atoms with Gasteiger partial charge in [0.15, 0.2) is 5.96 Å². The number of aliphatic imine (C=N–C) groups is 1. The maximum Gasteiger partial charge on any atom is 0.251 e. The van der Waals surface area contributed by atoms with Crippen molar-refractivity contribution in [2.45, 2.75) is 0 Å². The van der Waals surface area contributed by atoms with E-state index < -0.39 is 0 Å². The summed E-state index contributed by atoms with van der Waals surface area (Å²) in [4.78, 5) is 18.2. The van der Waals surface area contributed by atoms with Gasteiger partial charge >= 0.3 is 0 Å². The summed E-state index contributed by atoms with van der Waals surface area (Å²) in [5.41, 5.74) is 6.52. The van der Waals surface area contributed by atoms with Crippen molar-refractivity contribution >= 4 is 51.8 Å². The average Bonchev–Trinajstić information content (AvgIpc) is 2.52. The molecule has 6 nitrogen and oxygen atoms in total. The minimum Gasteiger partial charge on any atom is -0.378 e. The number of benzene rings is 1. The van der Waals surface area contributed by atoms with Crippen molar-refractivity contribution in [2.24, 2.45) is 10.7 Å². The summed E-state index contributed by atoms with van der Waals surface area (Å²) in [6.45, 7) is 3.80. The van der Waals surface area contributed by atoms with Crippen molar-refractivity contribution < 1.29 is 9.53 Å². The molecule has 0 atom stereocenters. The highest BCUT2D eigenvalue weighted by atomic mass is 127. The van der Waals surface area contributed by atoms with Crippen molar-refractivity contribution in [3.8, 4) is 0 Å². The Labute approximate surface area is 155 Å². The number of amides is 1. The van der Waals surface area contributed by atoms with E-state index in [1.807, 2.05) is 17.0 Å². The smallest absolute Gasteiger partial charge is 0.251 e. The zero-order chi connectivity index (χ0) is 15.1. The zero-order valence-corrected chi connectivity index (χ0v) is 16.0. The average molecular weight is 483 g/mol. The minimum atomic E-state index is -0.114. The number of carbonyl (C=O) groups is 1. The maximum atomic E-state index is 11.9. The zero-order valence-electron chi connectivity index (χ0n) is 12.1. The van der Waals surface area contributed by atoms with E-state index >= 15 is 0 Å². The van der Waals surface area contributed by atoms with Gasteiger partial charge in [0, 0.05) is 29.7 Å². The Morgan fingerprint density at radius 1 is 1.41 bits per heavy atom. The largest absolute Gasteiger partial charge is 0.378 e. The summed E-state index contributed by atoms with van der Waals surface area (Å²) in [6.07, 6.45) is 0. The van der Waals surface area contributed by atoms with Gasteiger partial charge in [0.2, 0.25) is 0 Å². The Kier molecular flexibility index (Phi) is 8.72. The SMILES string of the molecule is I.NC(=NCCNC(=O)c1cccc(Br)c1)N1CCOCC1. The van der Waals surface area contributed by atoms with Crippen molar-refractivity contribution in [3.05, 3.63) is 34.3 Å². The molecule has 0 unspecified atom stereocenters.